The fourth-order valence-corrected chi connectivity index (χ4v) is 1.25. The zero-order valence-corrected chi connectivity index (χ0v) is 6.08. The van der Waals surface area contributed by atoms with E-state index in [0.717, 1.165) is 13.0 Å². The molecule has 0 aromatic heterocycles. The van der Waals surface area contributed by atoms with Crippen molar-refractivity contribution in [2.45, 2.75) is 13.3 Å². The number of carbonyl (C=O) groups is 1. The first kappa shape index (κ1) is 6.03. The molecule has 0 aliphatic carbocycles. The summed E-state index contributed by atoms with van der Waals surface area (Å²) < 4.78 is 1.70. The van der Waals surface area contributed by atoms with Gasteiger partial charge in [0.15, 0.2) is 0 Å². The summed E-state index contributed by atoms with van der Waals surface area (Å²) in [5.74, 6) is 0.516. The minimum atomic E-state index is 0.257. The van der Waals surface area contributed by atoms with Crippen LogP contribution in [0.1, 0.15) is 13.3 Å². The van der Waals surface area contributed by atoms with E-state index in [9.17, 15) is 4.79 Å². The summed E-state index contributed by atoms with van der Waals surface area (Å²) in [6.07, 6.45) is 1.02. The highest BCUT2D eigenvalue weighted by Crippen LogP contribution is 2.19. The average Bonchev–Trinajstić information content (AvgIpc) is 1.98. The van der Waals surface area contributed by atoms with Crippen LogP contribution in [-0.2, 0) is 4.79 Å². The second kappa shape index (κ2) is 2.02. The highest BCUT2D eigenvalue weighted by Gasteiger charge is 2.24. The van der Waals surface area contributed by atoms with E-state index in [0.29, 0.717) is 0 Å². The van der Waals surface area contributed by atoms with Crippen molar-refractivity contribution >= 4 is 15.3 Å². The summed E-state index contributed by atoms with van der Waals surface area (Å²) in [7, 11) is 2.42. The van der Waals surface area contributed by atoms with Gasteiger partial charge in [0.1, 0.15) is 0 Å². The summed E-state index contributed by atoms with van der Waals surface area (Å²) in [4.78, 5) is 10.8. The van der Waals surface area contributed by atoms with Gasteiger partial charge in [-0.3, -0.25) is 4.79 Å². The van der Waals surface area contributed by atoms with E-state index in [1.165, 1.54) is 0 Å². The largest absolute Gasteiger partial charge is 0.327 e. The van der Waals surface area contributed by atoms with Crippen LogP contribution in [0.2, 0.25) is 0 Å². The van der Waals surface area contributed by atoms with Crippen molar-refractivity contribution in [1.82, 2.24) is 4.67 Å². The van der Waals surface area contributed by atoms with Crippen LogP contribution >= 0.6 is 9.39 Å². The Bertz CT molecular complexity index is 103. The van der Waals surface area contributed by atoms with Crippen molar-refractivity contribution in [2.75, 3.05) is 6.54 Å². The first-order chi connectivity index (χ1) is 3.72. The summed E-state index contributed by atoms with van der Waals surface area (Å²) in [5.41, 5.74) is 0. The molecule has 2 atom stereocenters. The molecule has 3 heteroatoms. The second-order valence-corrected chi connectivity index (χ2v) is 2.84. The molecular weight excluding hydrogens is 121 g/mol. The Labute approximate surface area is 51.5 Å². The van der Waals surface area contributed by atoms with Crippen molar-refractivity contribution in [3.8, 4) is 0 Å². The highest BCUT2D eigenvalue weighted by molar-refractivity contribution is 7.14. The van der Waals surface area contributed by atoms with Gasteiger partial charge in [0.05, 0.1) is 0 Å². The predicted octanol–water partition coefficient (Wildman–Crippen LogP) is 0.645. The zero-order chi connectivity index (χ0) is 6.15. The van der Waals surface area contributed by atoms with Crippen LogP contribution in [0.3, 0.4) is 0 Å². The molecule has 1 aliphatic rings. The maximum absolute atomic E-state index is 10.8. The van der Waals surface area contributed by atoms with E-state index < -0.39 is 0 Å². The molecule has 1 fully saturated rings. The van der Waals surface area contributed by atoms with Crippen molar-refractivity contribution in [3.05, 3.63) is 0 Å². The molecule has 0 spiro atoms. The number of amides is 1. The number of rotatable bonds is 0. The van der Waals surface area contributed by atoms with E-state index in [1.54, 1.807) is 4.67 Å². The molecule has 0 bridgehead atoms. The highest BCUT2D eigenvalue weighted by atomic mass is 31.0. The third-order valence-corrected chi connectivity index (χ3v) is 2.02. The predicted molar refractivity (Wildman–Crippen MR) is 35.2 cm³/mol. The van der Waals surface area contributed by atoms with Crippen LogP contribution in [0, 0.1) is 5.92 Å². The smallest absolute Gasteiger partial charge is 0.228 e. The molecule has 1 unspecified atom stereocenters. The summed E-state index contributed by atoms with van der Waals surface area (Å²) in [6.45, 7) is 2.87. The van der Waals surface area contributed by atoms with Crippen molar-refractivity contribution < 1.29 is 4.79 Å². The lowest BCUT2D eigenvalue weighted by Gasteiger charge is -2.04. The van der Waals surface area contributed by atoms with Crippen LogP contribution in [-0.4, -0.2) is 17.1 Å². The number of carbonyl (C=O) groups excluding carboxylic acids is 1. The van der Waals surface area contributed by atoms with Gasteiger partial charge in [0.25, 0.3) is 0 Å². The fraction of sp³-hybridized carbons (Fsp3) is 0.800. The molecule has 1 saturated heterocycles. The second-order valence-electron chi connectivity index (χ2n) is 2.22. The lowest BCUT2D eigenvalue weighted by molar-refractivity contribution is -0.126. The maximum atomic E-state index is 10.8. The quantitative estimate of drug-likeness (QED) is 0.442. The van der Waals surface area contributed by atoms with Crippen LogP contribution in [0.5, 0.6) is 0 Å². The van der Waals surface area contributed by atoms with Crippen LogP contribution in [0.15, 0.2) is 0 Å². The van der Waals surface area contributed by atoms with Gasteiger partial charge in [0, 0.05) is 12.5 Å². The Morgan fingerprint density at radius 3 is 2.62 bits per heavy atom. The first-order valence-electron chi connectivity index (χ1n) is 2.78. The van der Waals surface area contributed by atoms with Crippen molar-refractivity contribution in [3.63, 3.8) is 0 Å². The van der Waals surface area contributed by atoms with Crippen LogP contribution in [0.25, 0.3) is 0 Å². The van der Waals surface area contributed by atoms with E-state index in [2.05, 4.69) is 9.39 Å². The van der Waals surface area contributed by atoms with Gasteiger partial charge in [-0.1, -0.05) is 6.92 Å². The molecule has 1 rings (SSSR count). The standard InChI is InChI=1S/C5H10NOP/c1-4-2-3-6(8)5(4)7/h4H,2-3,8H2,1H3/t4-/m1/s1. The number of hydrogen-bond acceptors (Lipinski definition) is 1. The van der Waals surface area contributed by atoms with Crippen LogP contribution in [0.4, 0.5) is 0 Å². The molecule has 8 heavy (non-hydrogen) atoms. The lowest BCUT2D eigenvalue weighted by atomic mass is 10.1. The Morgan fingerprint density at radius 2 is 2.50 bits per heavy atom. The van der Waals surface area contributed by atoms with E-state index >= 15 is 0 Å². The number of hydrogen-bond donors (Lipinski definition) is 0. The van der Waals surface area contributed by atoms with Gasteiger partial charge in [-0.15, -0.1) is 0 Å². The fourth-order valence-electron chi connectivity index (χ4n) is 0.849. The third-order valence-electron chi connectivity index (χ3n) is 1.51. The minimum Gasteiger partial charge on any atom is -0.327 e. The van der Waals surface area contributed by atoms with Gasteiger partial charge < -0.3 is 4.67 Å². The minimum absolute atomic E-state index is 0.257. The lowest BCUT2D eigenvalue weighted by Crippen LogP contribution is -2.14. The zero-order valence-electron chi connectivity index (χ0n) is 4.92. The summed E-state index contributed by atoms with van der Waals surface area (Å²) in [6, 6.07) is 0. The molecule has 1 amide bonds. The van der Waals surface area contributed by atoms with E-state index in [-0.39, 0.29) is 11.8 Å². The molecule has 1 heterocycles. The van der Waals surface area contributed by atoms with E-state index in [1.807, 2.05) is 6.92 Å². The Morgan fingerprint density at radius 1 is 1.88 bits per heavy atom. The van der Waals surface area contributed by atoms with Gasteiger partial charge in [-0.05, 0) is 15.8 Å². The average molecular weight is 131 g/mol. The number of nitrogens with zero attached hydrogens (tertiary/aromatic N) is 1. The Kier molecular flexibility index (Phi) is 1.52. The van der Waals surface area contributed by atoms with E-state index in [4.69, 9.17) is 0 Å². The van der Waals surface area contributed by atoms with Crippen molar-refractivity contribution in [2.24, 2.45) is 5.92 Å². The Balaban J connectivity index is 2.57. The first-order valence-corrected chi connectivity index (χ1v) is 3.29. The molecule has 46 valence electrons. The van der Waals surface area contributed by atoms with Gasteiger partial charge in [-0.2, -0.15) is 0 Å². The van der Waals surface area contributed by atoms with Gasteiger partial charge in [-0.25, -0.2) is 0 Å². The topological polar surface area (TPSA) is 20.3 Å². The van der Waals surface area contributed by atoms with Gasteiger partial charge >= 0.3 is 0 Å². The SMILES string of the molecule is C[C@@H]1CCN(P)C1=O. The molecule has 0 aromatic carbocycles. The monoisotopic (exact) mass is 131 g/mol. The van der Waals surface area contributed by atoms with Gasteiger partial charge in [0.2, 0.25) is 5.91 Å². The summed E-state index contributed by atoms with van der Waals surface area (Å²) >= 11 is 0. The van der Waals surface area contributed by atoms with Crippen LogP contribution < -0.4 is 0 Å². The van der Waals surface area contributed by atoms with Crippen molar-refractivity contribution in [1.29, 1.82) is 0 Å². The molecule has 0 aromatic rings. The molecule has 0 N–H and O–H groups in total. The Hall–Kier alpha value is -0.100. The normalized spacial score (nSPS) is 29.5. The molecule has 1 aliphatic heterocycles. The summed E-state index contributed by atoms with van der Waals surface area (Å²) in [5, 5.41) is 0. The molecule has 0 radical (unpaired) electrons. The third kappa shape index (κ3) is 0.851. The molecule has 0 saturated carbocycles. The maximum Gasteiger partial charge on any atom is 0.228 e. The molecule has 2 nitrogen and oxygen atoms in total. The molecular formula is C5H10NOP.